The number of benzene rings is 2. The van der Waals surface area contributed by atoms with Crippen LogP contribution < -0.4 is 20.5 Å². The fourth-order valence-corrected chi connectivity index (χ4v) is 4.64. The summed E-state index contributed by atoms with van der Waals surface area (Å²) >= 11 is 0. The monoisotopic (exact) mass is 560 g/mol. The highest BCUT2D eigenvalue weighted by Gasteiger charge is 2.45. The van der Waals surface area contributed by atoms with Crippen molar-refractivity contribution in [3.63, 3.8) is 0 Å². The van der Waals surface area contributed by atoms with Crippen LogP contribution in [0.25, 0.3) is 22.6 Å². The molecule has 11 heteroatoms. The molecule has 3 heterocycles. The predicted octanol–water partition coefficient (Wildman–Crippen LogP) is 3.63. The normalized spacial score (nSPS) is 17.3. The van der Waals surface area contributed by atoms with Gasteiger partial charge in [-0.15, -0.1) is 0 Å². The summed E-state index contributed by atoms with van der Waals surface area (Å²) < 4.78 is 30.3. The summed E-state index contributed by atoms with van der Waals surface area (Å²) in [6, 6.07) is 13.8. The fraction of sp³-hybridized carbons (Fsp3) is 0.267. The zero-order chi connectivity index (χ0) is 29.5. The fourth-order valence-electron chi connectivity index (χ4n) is 4.64. The third kappa shape index (κ3) is 5.11. The lowest BCUT2D eigenvalue weighted by Gasteiger charge is -2.26. The van der Waals surface area contributed by atoms with Crippen molar-refractivity contribution in [2.24, 2.45) is 5.73 Å². The van der Waals surface area contributed by atoms with Crippen molar-refractivity contribution >= 4 is 11.8 Å². The van der Waals surface area contributed by atoms with Gasteiger partial charge in [-0.3, -0.25) is 9.59 Å². The van der Waals surface area contributed by atoms with Crippen LogP contribution in [0.15, 0.2) is 59.1 Å². The lowest BCUT2D eigenvalue weighted by atomic mass is 9.82. The molecular weight excluding hydrogens is 531 g/mol. The third-order valence-electron chi connectivity index (χ3n) is 7.24. The number of nitrogens with one attached hydrogen (secondary N) is 1. The average Bonchev–Trinajstić information content (AvgIpc) is 3.55. The number of methoxy groups -OCH3 is 1. The van der Waals surface area contributed by atoms with Gasteiger partial charge in [0.1, 0.15) is 40.6 Å². The van der Waals surface area contributed by atoms with E-state index in [0.29, 0.717) is 50.9 Å². The van der Waals surface area contributed by atoms with Crippen LogP contribution in [0.3, 0.4) is 0 Å². The van der Waals surface area contributed by atoms with Gasteiger partial charge in [0.05, 0.1) is 30.6 Å². The molecule has 0 saturated carbocycles. The second kappa shape index (κ2) is 10.3. The van der Waals surface area contributed by atoms with E-state index in [2.05, 4.69) is 15.5 Å². The van der Waals surface area contributed by atoms with Crippen LogP contribution >= 0.6 is 0 Å². The van der Waals surface area contributed by atoms with Crippen LogP contribution in [0.4, 0.5) is 4.39 Å². The Kier molecular flexibility index (Phi) is 7.00. The number of nitrogens with zero attached hydrogens (tertiary/aromatic N) is 2. The lowest BCUT2D eigenvalue weighted by molar-refractivity contribution is -0.123. The van der Waals surface area contributed by atoms with Gasteiger partial charge >= 0.3 is 0 Å². The number of halogens is 1. The standard InChI is InChI=1S/C30H29FN4O6/c1-16-11-23(41-35-16)20-10-7-18(12-22(20)39-4)27(36)33-14-30(3,38)24-13-21-26(40-15-29(21,2)28(32)37)25(34-24)17-5-8-19(31)9-6-17/h5-13,38H,14-15H2,1-4H3,(H2,32,37)(H,33,36)/t29-,30-/m0/s1. The van der Waals surface area contributed by atoms with E-state index in [1.807, 2.05) is 0 Å². The molecule has 5 rings (SSSR count). The molecule has 1 aliphatic rings. The summed E-state index contributed by atoms with van der Waals surface area (Å²) in [4.78, 5) is 30.1. The zero-order valence-corrected chi connectivity index (χ0v) is 22.9. The first kappa shape index (κ1) is 27.8. The number of ether oxygens (including phenoxy) is 2. The first-order valence-electron chi connectivity index (χ1n) is 12.8. The molecule has 0 bridgehead atoms. The molecule has 0 aliphatic carbocycles. The van der Waals surface area contributed by atoms with Gasteiger partial charge in [0.2, 0.25) is 5.91 Å². The van der Waals surface area contributed by atoms with E-state index in [9.17, 15) is 19.1 Å². The van der Waals surface area contributed by atoms with Crippen LogP contribution in [0.2, 0.25) is 0 Å². The van der Waals surface area contributed by atoms with Gasteiger partial charge in [-0.2, -0.15) is 0 Å². The molecule has 4 N–H and O–H groups in total. The molecule has 10 nitrogen and oxygen atoms in total. The van der Waals surface area contributed by atoms with E-state index in [1.54, 1.807) is 44.2 Å². The van der Waals surface area contributed by atoms with Crippen LogP contribution in [0.5, 0.6) is 11.5 Å². The molecule has 0 spiro atoms. The minimum absolute atomic E-state index is 0.0126. The van der Waals surface area contributed by atoms with E-state index < -0.39 is 28.6 Å². The summed E-state index contributed by atoms with van der Waals surface area (Å²) in [6.45, 7) is 4.70. The summed E-state index contributed by atoms with van der Waals surface area (Å²) in [6.07, 6.45) is 0. The van der Waals surface area contributed by atoms with Crippen LogP contribution in [-0.2, 0) is 15.8 Å². The maximum absolute atomic E-state index is 13.6. The number of fused-ring (bicyclic) bond motifs is 1. The van der Waals surface area contributed by atoms with Crippen LogP contribution in [-0.4, -0.2) is 47.3 Å². The number of primary amides is 1. The minimum atomic E-state index is -1.68. The second-order valence-corrected chi connectivity index (χ2v) is 10.4. The smallest absolute Gasteiger partial charge is 0.251 e. The summed E-state index contributed by atoms with van der Waals surface area (Å²) in [5.41, 5.74) is 5.95. The molecule has 0 unspecified atom stereocenters. The third-order valence-corrected chi connectivity index (χ3v) is 7.24. The van der Waals surface area contributed by atoms with Crippen molar-refractivity contribution in [3.8, 4) is 34.1 Å². The number of aromatic nitrogens is 2. The number of hydrogen-bond acceptors (Lipinski definition) is 8. The number of carbonyl (C=O) groups excluding carboxylic acids is 2. The molecule has 2 aromatic carbocycles. The molecule has 2 aromatic heterocycles. The van der Waals surface area contributed by atoms with Crippen molar-refractivity contribution in [3.05, 3.63) is 82.9 Å². The lowest BCUT2D eigenvalue weighted by Crippen LogP contribution is -2.41. The molecule has 212 valence electrons. The predicted molar refractivity (Wildman–Crippen MR) is 147 cm³/mol. The quantitative estimate of drug-likeness (QED) is 0.296. The SMILES string of the molecule is COc1cc(C(=O)NC[C@](C)(O)c2cc3c(c(-c4ccc(F)cc4)n2)OC[C@]3(C)C(N)=O)ccc1-c1cc(C)no1. The van der Waals surface area contributed by atoms with Crippen LogP contribution in [0, 0.1) is 12.7 Å². The van der Waals surface area contributed by atoms with Gasteiger partial charge in [0.15, 0.2) is 5.76 Å². The van der Waals surface area contributed by atoms with E-state index >= 15 is 0 Å². The molecule has 0 fully saturated rings. The summed E-state index contributed by atoms with van der Waals surface area (Å²) in [5.74, 6) is -0.259. The average molecular weight is 561 g/mol. The highest BCUT2D eigenvalue weighted by Crippen LogP contribution is 2.45. The number of pyridine rings is 1. The van der Waals surface area contributed by atoms with Crippen molar-refractivity contribution in [1.82, 2.24) is 15.5 Å². The van der Waals surface area contributed by atoms with Gasteiger partial charge < -0.3 is 30.2 Å². The molecule has 1 aliphatic heterocycles. The topological polar surface area (TPSA) is 150 Å². The first-order valence-corrected chi connectivity index (χ1v) is 12.8. The number of hydrogen-bond donors (Lipinski definition) is 3. The van der Waals surface area contributed by atoms with E-state index in [1.165, 1.54) is 38.3 Å². The Balaban J connectivity index is 1.44. The second-order valence-electron chi connectivity index (χ2n) is 10.4. The Morgan fingerprint density at radius 1 is 1.20 bits per heavy atom. The van der Waals surface area contributed by atoms with Crippen molar-refractivity contribution in [2.75, 3.05) is 20.3 Å². The van der Waals surface area contributed by atoms with Gasteiger partial charge in [0, 0.05) is 22.8 Å². The summed E-state index contributed by atoms with van der Waals surface area (Å²) in [7, 11) is 1.48. The van der Waals surface area contributed by atoms with Crippen LogP contribution in [0.1, 0.15) is 41.2 Å². The maximum Gasteiger partial charge on any atom is 0.251 e. The first-order chi connectivity index (χ1) is 19.4. The molecular formula is C30H29FN4O6. The van der Waals surface area contributed by atoms with Gasteiger partial charge in [-0.05, 0) is 69.3 Å². The number of aliphatic hydroxyl groups is 1. The number of rotatable bonds is 8. The Bertz CT molecular complexity index is 1650. The summed E-state index contributed by atoms with van der Waals surface area (Å²) in [5, 5.41) is 18.1. The van der Waals surface area contributed by atoms with E-state index in [4.69, 9.17) is 19.7 Å². The van der Waals surface area contributed by atoms with Gasteiger partial charge in [0.25, 0.3) is 5.91 Å². The van der Waals surface area contributed by atoms with Gasteiger partial charge in [-0.25, -0.2) is 9.37 Å². The Hall–Kier alpha value is -4.77. The zero-order valence-electron chi connectivity index (χ0n) is 22.9. The molecule has 4 aromatic rings. The molecule has 2 amide bonds. The molecule has 41 heavy (non-hydrogen) atoms. The number of carbonyl (C=O) groups is 2. The molecule has 2 atom stereocenters. The maximum atomic E-state index is 13.6. The number of nitrogens with two attached hydrogens (primary N) is 1. The number of amides is 2. The van der Waals surface area contributed by atoms with Gasteiger partial charge in [-0.1, -0.05) is 5.16 Å². The Labute approximate surface area is 235 Å². The number of aryl methyl sites for hydroxylation is 1. The minimum Gasteiger partial charge on any atom is -0.496 e. The molecule has 0 saturated heterocycles. The Morgan fingerprint density at radius 2 is 1.93 bits per heavy atom. The van der Waals surface area contributed by atoms with Crippen molar-refractivity contribution in [1.29, 1.82) is 0 Å². The van der Waals surface area contributed by atoms with Crippen molar-refractivity contribution < 1.29 is 33.1 Å². The molecule has 0 radical (unpaired) electrons. The van der Waals surface area contributed by atoms with E-state index in [-0.39, 0.29) is 18.8 Å². The largest absolute Gasteiger partial charge is 0.496 e. The highest BCUT2D eigenvalue weighted by molar-refractivity contribution is 5.95. The van der Waals surface area contributed by atoms with E-state index in [0.717, 1.165) is 0 Å². The highest BCUT2D eigenvalue weighted by atomic mass is 19.1. The van der Waals surface area contributed by atoms with Crippen molar-refractivity contribution in [2.45, 2.75) is 31.8 Å². The Morgan fingerprint density at radius 3 is 2.56 bits per heavy atom.